The number of para-hydroxylation sites is 1. The Labute approximate surface area is 261 Å². The highest BCUT2D eigenvalue weighted by Gasteiger charge is 2.30. The predicted octanol–water partition coefficient (Wildman–Crippen LogP) is 0.887. The number of aliphatic imine (C=N–C) groups is 2. The van der Waals surface area contributed by atoms with Crippen molar-refractivity contribution in [2.45, 2.75) is 83.8 Å². The number of unbranched alkanes of at least 4 members (excludes halogenated alkanes) is 1. The number of thiazole rings is 1. The number of Topliss-reactive ketones (excluding diaryl/α,β-unsaturated/α-hetero) is 1. The standard InChI is InChI=1S/C29H46N10O4S/c1-17(2)13-14-22(38-25(42)21(36-18(3)40)10-6-7-15-34-28(30)31)26(43)37-20(11-8-16-35-29(32)33)24(41)27-39-19-9-4-5-12-23(19)44-27/h4-5,9,12,17,20-22H,6-8,10-11,13-16H2,1-3H3,(H,36,40)(H,37,43)(H,38,42)(H4,30,31,34)(H4,32,33,35)/t20-,21-,22-/m0/s1. The zero-order chi connectivity index (χ0) is 32.6. The fourth-order valence-electron chi connectivity index (χ4n) is 4.40. The van der Waals surface area contributed by atoms with Gasteiger partial charge in [-0.2, -0.15) is 0 Å². The summed E-state index contributed by atoms with van der Waals surface area (Å²) >= 11 is 1.25. The molecule has 3 amide bonds. The molecule has 0 radical (unpaired) electrons. The second kappa shape index (κ2) is 18.4. The molecular formula is C29H46N10O4S. The average Bonchev–Trinajstić information content (AvgIpc) is 3.39. The predicted molar refractivity (Wildman–Crippen MR) is 174 cm³/mol. The van der Waals surface area contributed by atoms with Crippen molar-refractivity contribution in [2.24, 2.45) is 38.8 Å². The van der Waals surface area contributed by atoms with E-state index in [1.807, 2.05) is 38.1 Å². The molecule has 0 aliphatic rings. The number of hydrogen-bond acceptors (Lipinski definition) is 8. The van der Waals surface area contributed by atoms with Crippen LogP contribution in [0.15, 0.2) is 34.3 Å². The molecule has 14 nitrogen and oxygen atoms in total. The number of nitrogens with zero attached hydrogens (tertiary/aromatic N) is 3. The molecule has 0 saturated heterocycles. The molecule has 0 saturated carbocycles. The molecule has 242 valence electrons. The number of nitrogens with one attached hydrogen (secondary N) is 3. The molecule has 11 N–H and O–H groups in total. The van der Waals surface area contributed by atoms with Gasteiger partial charge in [0.2, 0.25) is 23.5 Å². The van der Waals surface area contributed by atoms with Crippen LogP contribution in [-0.2, 0) is 14.4 Å². The second-order valence-electron chi connectivity index (χ2n) is 10.9. The van der Waals surface area contributed by atoms with E-state index in [4.69, 9.17) is 22.9 Å². The van der Waals surface area contributed by atoms with E-state index in [1.165, 1.54) is 18.3 Å². The van der Waals surface area contributed by atoms with Crippen molar-refractivity contribution in [1.29, 1.82) is 0 Å². The lowest BCUT2D eigenvalue weighted by Gasteiger charge is -2.25. The number of benzene rings is 1. The van der Waals surface area contributed by atoms with Crippen LogP contribution in [0.25, 0.3) is 10.2 Å². The van der Waals surface area contributed by atoms with Gasteiger partial charge in [0.05, 0.1) is 16.3 Å². The van der Waals surface area contributed by atoms with E-state index in [9.17, 15) is 19.2 Å². The SMILES string of the molecule is CC(=O)N[C@@H](CCCCN=C(N)N)C(=O)N[C@@H](CCC(C)C)C(=O)N[C@@H](CCCN=C(N)N)C(=O)c1nc2ccccc2s1. The van der Waals surface area contributed by atoms with Gasteiger partial charge in [-0.3, -0.25) is 29.2 Å². The lowest BCUT2D eigenvalue weighted by atomic mass is 10.0. The van der Waals surface area contributed by atoms with Crippen LogP contribution in [0.1, 0.15) is 75.5 Å². The number of carbonyl (C=O) groups excluding carboxylic acids is 4. The van der Waals surface area contributed by atoms with Crippen molar-refractivity contribution in [3.63, 3.8) is 0 Å². The van der Waals surface area contributed by atoms with Crippen molar-refractivity contribution >= 4 is 57.0 Å². The maximum Gasteiger partial charge on any atom is 0.243 e. The zero-order valence-corrected chi connectivity index (χ0v) is 26.5. The Bertz CT molecular complexity index is 1290. The van der Waals surface area contributed by atoms with E-state index < -0.39 is 29.9 Å². The summed E-state index contributed by atoms with van der Waals surface area (Å²) in [5.41, 5.74) is 22.3. The summed E-state index contributed by atoms with van der Waals surface area (Å²) in [4.78, 5) is 64.9. The summed E-state index contributed by atoms with van der Waals surface area (Å²) in [6, 6.07) is 4.68. The van der Waals surface area contributed by atoms with Gasteiger partial charge < -0.3 is 38.9 Å². The summed E-state index contributed by atoms with van der Waals surface area (Å²) < 4.78 is 0.853. The average molecular weight is 631 g/mol. The molecule has 1 aromatic carbocycles. The summed E-state index contributed by atoms with van der Waals surface area (Å²) in [6.45, 7) is 6.01. The Morgan fingerprint density at radius 3 is 1.93 bits per heavy atom. The van der Waals surface area contributed by atoms with E-state index in [1.54, 1.807) is 0 Å². The summed E-state index contributed by atoms with van der Waals surface area (Å²) in [7, 11) is 0. The highest BCUT2D eigenvalue weighted by atomic mass is 32.1. The normalized spacial score (nSPS) is 13.0. The van der Waals surface area contributed by atoms with Crippen LogP contribution < -0.4 is 38.9 Å². The van der Waals surface area contributed by atoms with E-state index in [2.05, 4.69) is 30.9 Å². The third kappa shape index (κ3) is 12.9. The third-order valence-electron chi connectivity index (χ3n) is 6.64. The van der Waals surface area contributed by atoms with Crippen molar-refractivity contribution in [2.75, 3.05) is 13.1 Å². The number of nitrogens with two attached hydrogens (primary N) is 4. The van der Waals surface area contributed by atoms with Crippen LogP contribution in [0.3, 0.4) is 0 Å². The zero-order valence-electron chi connectivity index (χ0n) is 25.7. The first-order valence-corrected chi connectivity index (χ1v) is 15.6. The first-order valence-electron chi connectivity index (χ1n) is 14.8. The highest BCUT2D eigenvalue weighted by molar-refractivity contribution is 7.20. The lowest BCUT2D eigenvalue weighted by Crippen LogP contribution is -2.55. The van der Waals surface area contributed by atoms with E-state index in [-0.39, 0.29) is 47.5 Å². The molecule has 0 aliphatic heterocycles. The fraction of sp³-hybridized carbons (Fsp3) is 0.552. The number of amides is 3. The monoisotopic (exact) mass is 630 g/mol. The minimum atomic E-state index is -0.939. The van der Waals surface area contributed by atoms with Crippen molar-refractivity contribution in [3.05, 3.63) is 29.3 Å². The van der Waals surface area contributed by atoms with Gasteiger partial charge in [-0.15, -0.1) is 11.3 Å². The lowest BCUT2D eigenvalue weighted by molar-refractivity contribution is -0.132. The van der Waals surface area contributed by atoms with E-state index >= 15 is 0 Å². The molecule has 0 unspecified atom stereocenters. The third-order valence-corrected chi connectivity index (χ3v) is 7.69. The Morgan fingerprint density at radius 1 is 0.773 bits per heavy atom. The molecule has 2 aromatic rings. The van der Waals surface area contributed by atoms with Crippen molar-refractivity contribution in [3.8, 4) is 0 Å². The van der Waals surface area contributed by atoms with Crippen molar-refractivity contribution < 1.29 is 19.2 Å². The van der Waals surface area contributed by atoms with Gasteiger partial charge in [-0.1, -0.05) is 26.0 Å². The number of hydrogen-bond donors (Lipinski definition) is 7. The quantitative estimate of drug-likeness (QED) is 0.0503. The van der Waals surface area contributed by atoms with Gasteiger partial charge in [0.25, 0.3) is 0 Å². The number of carbonyl (C=O) groups is 4. The van der Waals surface area contributed by atoms with Crippen LogP contribution in [0.2, 0.25) is 0 Å². The molecule has 0 spiro atoms. The first kappa shape index (κ1) is 35.9. The maximum absolute atomic E-state index is 13.7. The van der Waals surface area contributed by atoms with Gasteiger partial charge in [0.1, 0.15) is 12.1 Å². The van der Waals surface area contributed by atoms with Crippen LogP contribution in [-0.4, -0.2) is 71.6 Å². The molecule has 3 atom stereocenters. The molecule has 2 rings (SSSR count). The topological polar surface area (TPSA) is 246 Å². The molecule has 15 heteroatoms. The number of aromatic nitrogens is 1. The molecule has 0 bridgehead atoms. The molecule has 0 fully saturated rings. The molecule has 1 aromatic heterocycles. The minimum Gasteiger partial charge on any atom is -0.370 e. The Morgan fingerprint density at radius 2 is 1.34 bits per heavy atom. The van der Waals surface area contributed by atoms with Gasteiger partial charge in [0, 0.05) is 20.0 Å². The largest absolute Gasteiger partial charge is 0.370 e. The number of guanidine groups is 2. The van der Waals surface area contributed by atoms with Gasteiger partial charge in [-0.05, 0) is 63.0 Å². The smallest absolute Gasteiger partial charge is 0.243 e. The van der Waals surface area contributed by atoms with Gasteiger partial charge in [0.15, 0.2) is 16.9 Å². The maximum atomic E-state index is 13.7. The van der Waals surface area contributed by atoms with Crippen molar-refractivity contribution in [1.82, 2.24) is 20.9 Å². The Kier molecular flexibility index (Phi) is 15.0. The number of fused-ring (bicyclic) bond motifs is 1. The summed E-state index contributed by atoms with van der Waals surface area (Å²) in [6.07, 6.45) is 3.15. The first-order chi connectivity index (χ1) is 20.9. The minimum absolute atomic E-state index is 0.0173. The summed E-state index contributed by atoms with van der Waals surface area (Å²) in [5, 5.41) is 8.60. The van der Waals surface area contributed by atoms with Gasteiger partial charge in [-0.25, -0.2) is 4.98 Å². The van der Waals surface area contributed by atoms with Crippen LogP contribution in [0.5, 0.6) is 0 Å². The van der Waals surface area contributed by atoms with Gasteiger partial charge >= 0.3 is 0 Å². The molecule has 1 heterocycles. The fourth-order valence-corrected chi connectivity index (χ4v) is 5.36. The van der Waals surface area contributed by atoms with E-state index in [0.717, 1.165) is 4.70 Å². The molecule has 0 aliphatic carbocycles. The van der Waals surface area contributed by atoms with Crippen LogP contribution in [0.4, 0.5) is 0 Å². The summed E-state index contributed by atoms with van der Waals surface area (Å²) in [5.74, 6) is -1.54. The Hall–Kier alpha value is -4.27. The van der Waals surface area contributed by atoms with Crippen LogP contribution in [0, 0.1) is 5.92 Å². The van der Waals surface area contributed by atoms with E-state index in [0.29, 0.717) is 50.6 Å². The Balaban J connectivity index is 2.23. The number of rotatable bonds is 19. The highest BCUT2D eigenvalue weighted by Crippen LogP contribution is 2.23. The molecular weight excluding hydrogens is 584 g/mol. The van der Waals surface area contributed by atoms with Crippen LogP contribution >= 0.6 is 11.3 Å². The molecule has 44 heavy (non-hydrogen) atoms. The number of ketones is 1. The second-order valence-corrected chi connectivity index (χ2v) is 12.0.